The first-order valence-electron chi connectivity index (χ1n) is 7.30. The lowest BCUT2D eigenvalue weighted by molar-refractivity contribution is -0.139. The van der Waals surface area contributed by atoms with Gasteiger partial charge in [-0.3, -0.25) is 9.59 Å². The summed E-state index contributed by atoms with van der Waals surface area (Å²) in [5.41, 5.74) is 0.920. The molecule has 0 saturated heterocycles. The standard InChI is InChI=1S/C19H16O5/c20-17(14-9-5-2-6-10-14)11-15(13-7-3-1-4-8-13)16(19(23)24)12-18(21)22/h1-10H,11-12H2,(H,21,22)(H,23,24). The SMILES string of the molecule is O=C(O)CC(C(=O)O)=C(CC(=O)c1ccccc1)c1ccccc1. The van der Waals surface area contributed by atoms with Gasteiger partial charge in [0.25, 0.3) is 0 Å². The van der Waals surface area contributed by atoms with E-state index in [1.165, 1.54) is 0 Å². The highest BCUT2D eigenvalue weighted by atomic mass is 16.4. The monoisotopic (exact) mass is 324 g/mol. The van der Waals surface area contributed by atoms with E-state index in [0.29, 0.717) is 11.1 Å². The Morgan fingerprint density at radius 3 is 1.67 bits per heavy atom. The fraction of sp³-hybridized carbons (Fsp3) is 0.105. The molecule has 5 heteroatoms. The van der Waals surface area contributed by atoms with E-state index in [9.17, 15) is 19.5 Å². The maximum atomic E-state index is 12.5. The molecule has 0 unspecified atom stereocenters. The van der Waals surface area contributed by atoms with Gasteiger partial charge in [0.2, 0.25) is 0 Å². The van der Waals surface area contributed by atoms with Gasteiger partial charge in [-0.25, -0.2) is 4.79 Å². The third kappa shape index (κ3) is 4.39. The van der Waals surface area contributed by atoms with Gasteiger partial charge >= 0.3 is 11.9 Å². The first kappa shape index (κ1) is 17.1. The minimum atomic E-state index is -1.34. The third-order valence-electron chi connectivity index (χ3n) is 3.51. The van der Waals surface area contributed by atoms with Crippen molar-refractivity contribution in [3.05, 3.63) is 77.4 Å². The Hall–Kier alpha value is -3.21. The molecule has 122 valence electrons. The summed E-state index contributed by atoms with van der Waals surface area (Å²) in [6.07, 6.45) is -0.829. The highest BCUT2D eigenvalue weighted by Crippen LogP contribution is 2.26. The van der Waals surface area contributed by atoms with E-state index in [2.05, 4.69) is 0 Å². The zero-order valence-corrected chi connectivity index (χ0v) is 12.8. The lowest BCUT2D eigenvalue weighted by Gasteiger charge is -2.12. The lowest BCUT2D eigenvalue weighted by Crippen LogP contribution is -2.12. The molecule has 2 rings (SSSR count). The summed E-state index contributed by atoms with van der Waals surface area (Å²) in [5, 5.41) is 18.4. The number of aliphatic carboxylic acids is 2. The summed E-state index contributed by atoms with van der Waals surface area (Å²) in [7, 11) is 0. The second-order valence-corrected chi connectivity index (χ2v) is 5.16. The molecule has 2 N–H and O–H groups in total. The van der Waals surface area contributed by atoms with Crippen LogP contribution >= 0.6 is 0 Å². The molecule has 2 aromatic carbocycles. The van der Waals surface area contributed by atoms with Crippen molar-refractivity contribution in [1.82, 2.24) is 0 Å². The molecule has 0 aliphatic carbocycles. The third-order valence-corrected chi connectivity index (χ3v) is 3.51. The highest BCUT2D eigenvalue weighted by molar-refractivity contribution is 6.08. The molecule has 5 nitrogen and oxygen atoms in total. The quantitative estimate of drug-likeness (QED) is 0.602. The van der Waals surface area contributed by atoms with Gasteiger partial charge in [0.1, 0.15) is 0 Å². The maximum absolute atomic E-state index is 12.5. The Bertz CT molecular complexity index is 776. The number of rotatable bonds is 7. The number of Topliss-reactive ketones (excluding diaryl/α,β-unsaturated/α-hetero) is 1. The van der Waals surface area contributed by atoms with Crippen molar-refractivity contribution in [3.63, 3.8) is 0 Å². The average Bonchev–Trinajstić information content (AvgIpc) is 2.59. The van der Waals surface area contributed by atoms with Crippen molar-refractivity contribution in [2.45, 2.75) is 12.8 Å². The number of hydrogen-bond donors (Lipinski definition) is 2. The zero-order chi connectivity index (χ0) is 17.5. The fourth-order valence-electron chi connectivity index (χ4n) is 2.37. The van der Waals surface area contributed by atoms with Gasteiger partial charge < -0.3 is 10.2 Å². The summed E-state index contributed by atoms with van der Waals surface area (Å²) < 4.78 is 0. The molecule has 0 atom stereocenters. The van der Waals surface area contributed by atoms with Crippen LogP contribution in [0.15, 0.2) is 66.2 Å². The highest BCUT2D eigenvalue weighted by Gasteiger charge is 2.21. The molecule has 0 radical (unpaired) electrons. The lowest BCUT2D eigenvalue weighted by atomic mass is 9.91. The summed E-state index contributed by atoms with van der Waals surface area (Å²) in [6, 6.07) is 17.0. The second kappa shape index (κ2) is 7.87. The molecule has 0 amide bonds. The predicted octanol–water partition coefficient (Wildman–Crippen LogP) is 3.27. The first-order chi connectivity index (χ1) is 11.5. The van der Waals surface area contributed by atoms with Crippen LogP contribution < -0.4 is 0 Å². The van der Waals surface area contributed by atoms with Crippen molar-refractivity contribution in [1.29, 1.82) is 0 Å². The molecule has 0 bridgehead atoms. The largest absolute Gasteiger partial charge is 0.481 e. The molecule has 0 aliphatic rings. The van der Waals surface area contributed by atoms with Gasteiger partial charge in [-0.2, -0.15) is 0 Å². The maximum Gasteiger partial charge on any atom is 0.332 e. The van der Waals surface area contributed by atoms with Crippen LogP contribution in [0.2, 0.25) is 0 Å². The average molecular weight is 324 g/mol. The van der Waals surface area contributed by atoms with Crippen molar-refractivity contribution in [2.75, 3.05) is 0 Å². The number of carboxylic acid groups (broad SMARTS) is 2. The number of carbonyl (C=O) groups excluding carboxylic acids is 1. The number of carbonyl (C=O) groups is 3. The first-order valence-corrected chi connectivity index (χ1v) is 7.30. The van der Waals surface area contributed by atoms with Crippen LogP contribution in [0.25, 0.3) is 5.57 Å². The number of benzene rings is 2. The zero-order valence-electron chi connectivity index (χ0n) is 12.8. The van der Waals surface area contributed by atoms with Crippen molar-refractivity contribution in [2.24, 2.45) is 0 Å². The summed E-state index contributed by atoms with van der Waals surface area (Å²) >= 11 is 0. The molecular formula is C19H16O5. The normalized spacial score (nSPS) is 11.5. The van der Waals surface area contributed by atoms with E-state index < -0.39 is 18.4 Å². The topological polar surface area (TPSA) is 91.7 Å². The smallest absolute Gasteiger partial charge is 0.332 e. The molecular weight excluding hydrogens is 308 g/mol. The van der Waals surface area contributed by atoms with E-state index in [1.54, 1.807) is 60.7 Å². The van der Waals surface area contributed by atoms with Crippen LogP contribution in [0.4, 0.5) is 0 Å². The van der Waals surface area contributed by atoms with E-state index in [4.69, 9.17) is 5.11 Å². The van der Waals surface area contributed by atoms with Crippen LogP contribution in [0.3, 0.4) is 0 Å². The molecule has 0 fully saturated rings. The van der Waals surface area contributed by atoms with E-state index >= 15 is 0 Å². The second-order valence-electron chi connectivity index (χ2n) is 5.16. The Morgan fingerprint density at radius 1 is 0.708 bits per heavy atom. The Kier molecular flexibility index (Phi) is 5.63. The van der Waals surface area contributed by atoms with E-state index in [-0.39, 0.29) is 23.4 Å². The minimum absolute atomic E-state index is 0.178. The number of carboxylic acids is 2. The molecule has 0 spiro atoms. The van der Waals surface area contributed by atoms with Gasteiger partial charge in [0.15, 0.2) is 5.78 Å². The van der Waals surface area contributed by atoms with E-state index in [0.717, 1.165) is 0 Å². The Morgan fingerprint density at radius 2 is 1.21 bits per heavy atom. The number of allylic oxidation sites excluding steroid dienone is 1. The van der Waals surface area contributed by atoms with Gasteiger partial charge in [-0.05, 0) is 11.1 Å². The summed E-state index contributed by atoms with van der Waals surface area (Å²) in [6.45, 7) is 0. The summed E-state index contributed by atoms with van der Waals surface area (Å²) in [5.74, 6) is -2.86. The van der Waals surface area contributed by atoms with Crippen LogP contribution in [0.1, 0.15) is 28.8 Å². The Balaban J connectivity index is 2.49. The van der Waals surface area contributed by atoms with Crippen molar-refractivity contribution in [3.8, 4) is 0 Å². The number of ketones is 1. The molecule has 0 aromatic heterocycles. The van der Waals surface area contributed by atoms with Crippen molar-refractivity contribution >= 4 is 23.3 Å². The van der Waals surface area contributed by atoms with Gasteiger partial charge in [-0.1, -0.05) is 60.7 Å². The van der Waals surface area contributed by atoms with Gasteiger partial charge in [-0.15, -0.1) is 0 Å². The van der Waals surface area contributed by atoms with Crippen LogP contribution in [-0.2, 0) is 9.59 Å². The van der Waals surface area contributed by atoms with Crippen LogP contribution in [-0.4, -0.2) is 27.9 Å². The molecule has 24 heavy (non-hydrogen) atoms. The van der Waals surface area contributed by atoms with Crippen LogP contribution in [0, 0.1) is 0 Å². The molecule has 0 aliphatic heterocycles. The predicted molar refractivity (Wildman–Crippen MR) is 88.6 cm³/mol. The Labute approximate surface area is 138 Å². The van der Waals surface area contributed by atoms with Gasteiger partial charge in [0, 0.05) is 12.0 Å². The van der Waals surface area contributed by atoms with Crippen molar-refractivity contribution < 1.29 is 24.6 Å². The van der Waals surface area contributed by atoms with E-state index in [1.807, 2.05) is 0 Å². The molecule has 0 heterocycles. The van der Waals surface area contributed by atoms with Gasteiger partial charge in [0.05, 0.1) is 12.0 Å². The van der Waals surface area contributed by atoms with Crippen LogP contribution in [0.5, 0.6) is 0 Å². The molecule has 0 saturated carbocycles. The summed E-state index contributed by atoms with van der Waals surface area (Å²) in [4.78, 5) is 35.0. The number of hydrogen-bond acceptors (Lipinski definition) is 3. The minimum Gasteiger partial charge on any atom is -0.481 e. The fourth-order valence-corrected chi connectivity index (χ4v) is 2.37. The molecule has 2 aromatic rings.